The lowest BCUT2D eigenvalue weighted by atomic mass is 10.2. The van der Waals surface area contributed by atoms with E-state index in [9.17, 15) is 4.79 Å². The number of hydrogen-bond acceptors (Lipinski definition) is 4. The highest BCUT2D eigenvalue weighted by Crippen LogP contribution is 2.38. The molecular formula is C17H18N3O3+. The molecule has 0 unspecified atom stereocenters. The Morgan fingerprint density at radius 1 is 1.09 bits per heavy atom. The maximum Gasteiger partial charge on any atom is 0.430 e. The third-order valence-corrected chi connectivity index (χ3v) is 3.05. The van der Waals surface area contributed by atoms with Crippen LogP contribution in [0, 0.1) is 5.39 Å². The van der Waals surface area contributed by atoms with Crippen molar-refractivity contribution in [3.8, 4) is 11.5 Å². The second-order valence-electron chi connectivity index (χ2n) is 4.60. The molecule has 23 heavy (non-hydrogen) atoms. The summed E-state index contributed by atoms with van der Waals surface area (Å²) in [6.07, 6.45) is 0. The summed E-state index contributed by atoms with van der Waals surface area (Å²) in [7, 11) is 0. The zero-order valence-corrected chi connectivity index (χ0v) is 13.1. The molecule has 0 heterocycles. The fraction of sp³-hybridized carbons (Fsp3) is 0.235. The van der Waals surface area contributed by atoms with E-state index in [2.05, 4.69) is 10.3 Å². The van der Waals surface area contributed by atoms with Crippen LogP contribution in [0.2, 0.25) is 0 Å². The molecule has 0 spiro atoms. The van der Waals surface area contributed by atoms with Gasteiger partial charge in [-0.05, 0) is 26.0 Å². The molecule has 0 aliphatic rings. The molecule has 0 fully saturated rings. The van der Waals surface area contributed by atoms with E-state index in [0.29, 0.717) is 36.0 Å². The standard InChI is InChI=1S/C17H17N3O3/c1-3-22-15-11-14(20-18)16(23-4-2)10-13(15)19-17(21)12-8-6-5-7-9-12/h5-11H,3-4H2,1-2H3/p+1. The largest absolute Gasteiger partial charge is 0.491 e. The van der Waals surface area contributed by atoms with Gasteiger partial charge in [0.05, 0.1) is 25.0 Å². The molecule has 2 rings (SSSR count). The Morgan fingerprint density at radius 2 is 1.74 bits per heavy atom. The Bertz CT molecular complexity index is 724. The van der Waals surface area contributed by atoms with Crippen LogP contribution in [0.3, 0.4) is 0 Å². The van der Waals surface area contributed by atoms with E-state index in [1.165, 1.54) is 6.07 Å². The van der Waals surface area contributed by atoms with E-state index in [-0.39, 0.29) is 11.6 Å². The average Bonchev–Trinajstić information content (AvgIpc) is 2.58. The third kappa shape index (κ3) is 3.98. The zero-order chi connectivity index (χ0) is 16.7. The summed E-state index contributed by atoms with van der Waals surface area (Å²) in [6.45, 7) is 4.46. The van der Waals surface area contributed by atoms with Crippen LogP contribution >= 0.6 is 0 Å². The molecule has 0 aliphatic heterocycles. The van der Waals surface area contributed by atoms with Crippen molar-refractivity contribution in [2.45, 2.75) is 13.8 Å². The second kappa shape index (κ2) is 7.80. The van der Waals surface area contributed by atoms with E-state index in [1.807, 2.05) is 19.9 Å². The second-order valence-corrected chi connectivity index (χ2v) is 4.60. The minimum absolute atomic E-state index is 0.244. The molecule has 0 bridgehead atoms. The summed E-state index contributed by atoms with van der Waals surface area (Å²) in [5.41, 5.74) is 1.23. The fourth-order valence-electron chi connectivity index (χ4n) is 2.06. The van der Waals surface area contributed by atoms with Gasteiger partial charge in [-0.3, -0.25) is 4.79 Å². The van der Waals surface area contributed by atoms with Crippen LogP contribution < -0.4 is 14.8 Å². The molecule has 118 valence electrons. The lowest BCUT2D eigenvalue weighted by Crippen LogP contribution is -2.13. The van der Waals surface area contributed by atoms with Gasteiger partial charge in [-0.2, -0.15) is 0 Å². The number of carbonyl (C=O) groups is 1. The van der Waals surface area contributed by atoms with Gasteiger partial charge in [-0.1, -0.05) is 18.2 Å². The molecule has 6 heteroatoms. The van der Waals surface area contributed by atoms with Gasteiger partial charge in [0.25, 0.3) is 5.91 Å². The van der Waals surface area contributed by atoms with Crippen molar-refractivity contribution >= 4 is 17.3 Å². The van der Waals surface area contributed by atoms with Crippen LogP contribution in [0.15, 0.2) is 42.5 Å². The van der Waals surface area contributed by atoms with Crippen molar-refractivity contribution in [3.63, 3.8) is 0 Å². The van der Waals surface area contributed by atoms with Crippen LogP contribution in [-0.2, 0) is 0 Å². The van der Waals surface area contributed by atoms with Gasteiger partial charge in [0.15, 0.2) is 10.7 Å². The number of carbonyl (C=O) groups excluding carboxylic acids is 1. The van der Waals surface area contributed by atoms with E-state index in [4.69, 9.17) is 14.9 Å². The molecule has 2 aromatic carbocycles. The Hall–Kier alpha value is -3.07. The van der Waals surface area contributed by atoms with Gasteiger partial charge in [0, 0.05) is 11.6 Å². The first-order chi connectivity index (χ1) is 11.2. The lowest BCUT2D eigenvalue weighted by Gasteiger charge is -2.12. The van der Waals surface area contributed by atoms with Crippen LogP contribution in [0.25, 0.3) is 4.98 Å². The Morgan fingerprint density at radius 3 is 2.35 bits per heavy atom. The smallest absolute Gasteiger partial charge is 0.430 e. The van der Waals surface area contributed by atoms with Gasteiger partial charge >= 0.3 is 5.69 Å². The molecule has 0 radical (unpaired) electrons. The molecule has 0 saturated carbocycles. The SMILES string of the molecule is CCOc1cc(NC(=O)c2ccccc2)c(OCC)cc1[N+]#N. The summed E-state index contributed by atoms with van der Waals surface area (Å²) in [4.78, 5) is 15.5. The van der Waals surface area contributed by atoms with Crippen LogP contribution in [0.1, 0.15) is 24.2 Å². The molecule has 0 aliphatic carbocycles. The molecule has 6 nitrogen and oxygen atoms in total. The number of ether oxygens (including phenoxy) is 2. The van der Waals surface area contributed by atoms with Crippen molar-refractivity contribution in [2.24, 2.45) is 0 Å². The highest BCUT2D eigenvalue weighted by atomic mass is 16.5. The van der Waals surface area contributed by atoms with Gasteiger partial charge in [-0.15, -0.1) is 0 Å². The maximum atomic E-state index is 12.3. The summed E-state index contributed by atoms with van der Waals surface area (Å²) in [6, 6.07) is 12.0. The summed E-state index contributed by atoms with van der Waals surface area (Å²) >= 11 is 0. The van der Waals surface area contributed by atoms with Gasteiger partial charge in [-0.25, -0.2) is 0 Å². The highest BCUT2D eigenvalue weighted by Gasteiger charge is 2.22. The summed E-state index contributed by atoms with van der Waals surface area (Å²) in [5, 5.41) is 11.9. The highest BCUT2D eigenvalue weighted by molar-refractivity contribution is 6.05. The van der Waals surface area contributed by atoms with E-state index in [0.717, 1.165) is 0 Å². The number of diazo groups is 1. The lowest BCUT2D eigenvalue weighted by molar-refractivity contribution is 0.102. The molecule has 0 aromatic heterocycles. The van der Waals surface area contributed by atoms with Crippen molar-refractivity contribution in [1.82, 2.24) is 0 Å². The van der Waals surface area contributed by atoms with Crippen molar-refractivity contribution in [2.75, 3.05) is 18.5 Å². The van der Waals surface area contributed by atoms with Gasteiger partial charge < -0.3 is 14.8 Å². The number of hydrogen-bond donors (Lipinski definition) is 1. The predicted octanol–water partition coefficient (Wildman–Crippen LogP) is 4.22. The number of anilines is 1. The first kappa shape index (κ1) is 16.3. The minimum atomic E-state index is -0.261. The van der Waals surface area contributed by atoms with Crippen molar-refractivity contribution in [1.29, 1.82) is 5.39 Å². The maximum absolute atomic E-state index is 12.3. The molecule has 1 N–H and O–H groups in total. The third-order valence-electron chi connectivity index (χ3n) is 3.05. The fourth-order valence-corrected chi connectivity index (χ4v) is 2.06. The molecule has 1 amide bonds. The quantitative estimate of drug-likeness (QED) is 0.810. The van der Waals surface area contributed by atoms with Crippen LogP contribution in [0.4, 0.5) is 11.4 Å². The number of rotatable bonds is 6. The molecule has 2 aromatic rings. The zero-order valence-electron chi connectivity index (χ0n) is 13.1. The molecule has 0 atom stereocenters. The normalized spacial score (nSPS) is 9.78. The van der Waals surface area contributed by atoms with Gasteiger partial charge in [0.1, 0.15) is 0 Å². The predicted molar refractivity (Wildman–Crippen MR) is 87.9 cm³/mol. The minimum Gasteiger partial charge on any atom is -0.491 e. The van der Waals surface area contributed by atoms with Gasteiger partial charge in [0.2, 0.25) is 11.1 Å². The number of nitrogens with zero attached hydrogens (tertiary/aromatic N) is 2. The average molecular weight is 312 g/mol. The first-order valence-electron chi connectivity index (χ1n) is 7.34. The Balaban J connectivity index is 2.37. The van der Waals surface area contributed by atoms with Crippen molar-refractivity contribution in [3.05, 3.63) is 53.0 Å². The van der Waals surface area contributed by atoms with Crippen LogP contribution in [-0.4, -0.2) is 19.1 Å². The van der Waals surface area contributed by atoms with Crippen molar-refractivity contribution < 1.29 is 14.3 Å². The number of amides is 1. The molecule has 0 saturated heterocycles. The topological polar surface area (TPSA) is 75.7 Å². The Labute approximate surface area is 134 Å². The monoisotopic (exact) mass is 312 g/mol. The van der Waals surface area contributed by atoms with E-state index >= 15 is 0 Å². The Kier molecular flexibility index (Phi) is 5.53. The number of nitrogens with one attached hydrogen (secondary N) is 1. The van der Waals surface area contributed by atoms with E-state index < -0.39 is 0 Å². The summed E-state index contributed by atoms with van der Waals surface area (Å²) < 4.78 is 10.9. The van der Waals surface area contributed by atoms with Crippen LogP contribution in [0.5, 0.6) is 11.5 Å². The summed E-state index contributed by atoms with van der Waals surface area (Å²) in [5.74, 6) is 0.512. The number of benzene rings is 2. The van der Waals surface area contributed by atoms with E-state index in [1.54, 1.807) is 30.3 Å². The molecular weight excluding hydrogens is 294 g/mol. The first-order valence-corrected chi connectivity index (χ1v) is 7.34.